The summed E-state index contributed by atoms with van der Waals surface area (Å²) in [6, 6.07) is 6.72. The second-order valence-electron chi connectivity index (χ2n) is 8.85. The predicted molar refractivity (Wildman–Crippen MR) is 144 cm³/mol. The predicted octanol–water partition coefficient (Wildman–Crippen LogP) is 4.91. The molecule has 8 heteroatoms. The number of aromatic nitrogens is 2. The Hall–Kier alpha value is -3.33. The summed E-state index contributed by atoms with van der Waals surface area (Å²) in [6.07, 6.45) is 13.6. The number of hydrogen-bond donors (Lipinski definition) is 1. The molecule has 2 aliphatic rings. The number of ether oxygens (including phenoxy) is 3. The van der Waals surface area contributed by atoms with Gasteiger partial charge in [-0.15, -0.1) is 0 Å². The van der Waals surface area contributed by atoms with Crippen LogP contribution in [0.5, 0.6) is 0 Å². The lowest BCUT2D eigenvalue weighted by Crippen LogP contribution is -2.24. The SMILES string of the molecule is C=C/C=C(OCCN1CCCC1)\C1=C/CNc2nccc(n2)-c2ccc(F)c(c2)COC/C=C/COC1. The summed E-state index contributed by atoms with van der Waals surface area (Å²) in [5.41, 5.74) is 2.90. The zero-order chi connectivity index (χ0) is 25.7. The first-order chi connectivity index (χ1) is 18.2. The van der Waals surface area contributed by atoms with Crippen molar-refractivity contribution >= 4 is 5.95 Å². The summed E-state index contributed by atoms with van der Waals surface area (Å²) in [6.45, 7) is 9.41. The molecule has 1 fully saturated rings. The Labute approximate surface area is 218 Å². The maximum Gasteiger partial charge on any atom is 0.223 e. The lowest BCUT2D eigenvalue weighted by Gasteiger charge is -2.18. The molecular weight excluding hydrogens is 471 g/mol. The number of rotatable bonds is 6. The van der Waals surface area contributed by atoms with Gasteiger partial charge in [0.2, 0.25) is 5.95 Å². The van der Waals surface area contributed by atoms with E-state index < -0.39 is 0 Å². The molecule has 1 aromatic heterocycles. The molecule has 0 radical (unpaired) electrons. The van der Waals surface area contributed by atoms with E-state index in [2.05, 4.69) is 26.8 Å². The molecule has 3 heterocycles. The van der Waals surface area contributed by atoms with Crippen LogP contribution >= 0.6 is 0 Å². The number of nitrogens with one attached hydrogen (secondary N) is 1. The summed E-state index contributed by atoms with van der Waals surface area (Å²) in [7, 11) is 0. The van der Waals surface area contributed by atoms with Crippen molar-refractivity contribution in [2.75, 3.05) is 57.9 Å². The highest BCUT2D eigenvalue weighted by molar-refractivity contribution is 5.61. The third-order valence-electron chi connectivity index (χ3n) is 6.17. The molecule has 1 aromatic carbocycles. The Kier molecular flexibility index (Phi) is 10.4. The van der Waals surface area contributed by atoms with Crippen molar-refractivity contribution in [1.29, 1.82) is 0 Å². The second kappa shape index (κ2) is 14.4. The van der Waals surface area contributed by atoms with E-state index in [-0.39, 0.29) is 12.4 Å². The summed E-state index contributed by atoms with van der Waals surface area (Å²) < 4.78 is 32.0. The molecule has 0 spiro atoms. The Balaban J connectivity index is 1.51. The lowest BCUT2D eigenvalue weighted by atomic mass is 10.1. The first-order valence-corrected chi connectivity index (χ1v) is 12.8. The Morgan fingerprint density at radius 3 is 2.76 bits per heavy atom. The van der Waals surface area contributed by atoms with Gasteiger partial charge in [0.1, 0.15) is 18.2 Å². The van der Waals surface area contributed by atoms with Crippen molar-refractivity contribution < 1.29 is 18.6 Å². The number of nitrogens with zero attached hydrogens (tertiary/aromatic N) is 3. The van der Waals surface area contributed by atoms with Crippen molar-refractivity contribution in [2.45, 2.75) is 19.4 Å². The van der Waals surface area contributed by atoms with Crippen LogP contribution in [0.3, 0.4) is 0 Å². The van der Waals surface area contributed by atoms with E-state index in [0.717, 1.165) is 36.5 Å². The van der Waals surface area contributed by atoms with Crippen molar-refractivity contribution in [3.8, 4) is 11.3 Å². The topological polar surface area (TPSA) is 68.7 Å². The van der Waals surface area contributed by atoms with E-state index in [4.69, 9.17) is 14.2 Å². The maximum absolute atomic E-state index is 14.3. The van der Waals surface area contributed by atoms with Gasteiger partial charge in [-0.1, -0.05) is 30.9 Å². The van der Waals surface area contributed by atoms with Crippen LogP contribution in [-0.4, -0.2) is 67.5 Å². The Bertz CT molecular complexity index is 1130. The second-order valence-corrected chi connectivity index (χ2v) is 8.85. The highest BCUT2D eigenvalue weighted by Gasteiger charge is 2.13. The molecule has 0 unspecified atom stereocenters. The largest absolute Gasteiger partial charge is 0.492 e. The van der Waals surface area contributed by atoms with Crippen LogP contribution in [0.25, 0.3) is 11.3 Å². The summed E-state index contributed by atoms with van der Waals surface area (Å²) in [5, 5.41) is 3.25. The summed E-state index contributed by atoms with van der Waals surface area (Å²) >= 11 is 0. The fourth-order valence-electron chi connectivity index (χ4n) is 4.20. The van der Waals surface area contributed by atoms with E-state index in [1.165, 1.54) is 18.9 Å². The first kappa shape index (κ1) is 26.7. The van der Waals surface area contributed by atoms with Gasteiger partial charge >= 0.3 is 0 Å². The zero-order valence-corrected chi connectivity index (χ0v) is 21.2. The van der Waals surface area contributed by atoms with E-state index in [1.54, 1.807) is 30.5 Å². The minimum absolute atomic E-state index is 0.165. The molecule has 0 atom stereocenters. The average Bonchev–Trinajstić information content (AvgIpc) is 3.43. The van der Waals surface area contributed by atoms with Crippen LogP contribution in [-0.2, 0) is 20.8 Å². The van der Waals surface area contributed by atoms with Gasteiger partial charge in [0.25, 0.3) is 0 Å². The third-order valence-corrected chi connectivity index (χ3v) is 6.17. The molecule has 0 saturated carbocycles. The molecule has 0 aliphatic carbocycles. The van der Waals surface area contributed by atoms with Gasteiger partial charge in [-0.3, -0.25) is 4.90 Å². The fraction of sp³-hybridized carbons (Fsp3) is 0.379. The molecule has 37 heavy (non-hydrogen) atoms. The minimum Gasteiger partial charge on any atom is -0.492 e. The van der Waals surface area contributed by atoms with Crippen LogP contribution in [0.1, 0.15) is 18.4 Å². The number of halogens is 1. The van der Waals surface area contributed by atoms with Crippen LogP contribution in [0.4, 0.5) is 10.3 Å². The molecular formula is C29H35FN4O3. The molecule has 1 N–H and O–H groups in total. The van der Waals surface area contributed by atoms with Gasteiger partial charge < -0.3 is 19.5 Å². The fourth-order valence-corrected chi connectivity index (χ4v) is 4.20. The number of benzene rings is 1. The van der Waals surface area contributed by atoms with E-state index >= 15 is 0 Å². The lowest BCUT2D eigenvalue weighted by molar-refractivity contribution is 0.143. The van der Waals surface area contributed by atoms with Crippen molar-refractivity contribution in [3.63, 3.8) is 0 Å². The molecule has 7 nitrogen and oxygen atoms in total. The molecule has 0 amide bonds. The number of fused-ring (bicyclic) bond motifs is 5. The average molecular weight is 507 g/mol. The van der Waals surface area contributed by atoms with Gasteiger partial charge in [-0.25, -0.2) is 14.4 Å². The van der Waals surface area contributed by atoms with Gasteiger partial charge in [0.05, 0.1) is 32.1 Å². The smallest absolute Gasteiger partial charge is 0.223 e. The van der Waals surface area contributed by atoms with Crippen molar-refractivity contribution in [1.82, 2.24) is 14.9 Å². The standard InChI is InChI=1S/C29H35FN4O3/c1-2-7-28(37-19-16-34-14-3-4-15-34)24-10-12-31-29-32-13-11-27(33-29)23-8-9-26(30)25(20-23)22-36-18-6-5-17-35-21-24/h2,5-11,13,20H,1,3-4,12,14-19,21-22H2,(H,31,32,33)/b6-5+,24-10-,28-7+. The molecule has 2 aromatic rings. The van der Waals surface area contributed by atoms with E-state index in [1.807, 2.05) is 24.3 Å². The summed E-state index contributed by atoms with van der Waals surface area (Å²) in [4.78, 5) is 11.4. The third kappa shape index (κ3) is 8.35. The minimum atomic E-state index is -0.304. The molecule has 4 bridgehead atoms. The van der Waals surface area contributed by atoms with E-state index in [9.17, 15) is 4.39 Å². The quantitative estimate of drug-likeness (QED) is 0.339. The van der Waals surface area contributed by atoms with Gasteiger partial charge in [0, 0.05) is 36.0 Å². The monoisotopic (exact) mass is 506 g/mol. The highest BCUT2D eigenvalue weighted by Crippen LogP contribution is 2.22. The Morgan fingerprint density at radius 1 is 1.14 bits per heavy atom. The highest BCUT2D eigenvalue weighted by atomic mass is 19.1. The number of allylic oxidation sites excluding steroid dienone is 2. The van der Waals surface area contributed by atoms with Crippen LogP contribution in [0.15, 0.2) is 78.8 Å². The Morgan fingerprint density at radius 2 is 1.95 bits per heavy atom. The van der Waals surface area contributed by atoms with Gasteiger partial charge in [-0.2, -0.15) is 0 Å². The van der Waals surface area contributed by atoms with Gasteiger partial charge in [-0.05, 0) is 56.3 Å². The van der Waals surface area contributed by atoms with Crippen LogP contribution in [0, 0.1) is 5.82 Å². The van der Waals surface area contributed by atoms with Crippen molar-refractivity contribution in [2.24, 2.45) is 0 Å². The van der Waals surface area contributed by atoms with Crippen LogP contribution in [0.2, 0.25) is 0 Å². The zero-order valence-electron chi connectivity index (χ0n) is 21.2. The normalized spacial score (nSPS) is 20.1. The van der Waals surface area contributed by atoms with Crippen molar-refractivity contribution in [3.05, 3.63) is 90.1 Å². The number of anilines is 1. The maximum atomic E-state index is 14.3. The molecule has 1 saturated heterocycles. The molecule has 2 aliphatic heterocycles. The molecule has 196 valence electrons. The van der Waals surface area contributed by atoms with E-state index in [0.29, 0.717) is 50.2 Å². The first-order valence-electron chi connectivity index (χ1n) is 12.8. The molecule has 4 rings (SSSR count). The number of hydrogen-bond acceptors (Lipinski definition) is 7. The number of likely N-dealkylation sites (tertiary alicyclic amines) is 1. The van der Waals surface area contributed by atoms with Crippen LogP contribution < -0.4 is 5.32 Å². The summed E-state index contributed by atoms with van der Waals surface area (Å²) in [5.74, 6) is 0.914. The van der Waals surface area contributed by atoms with Gasteiger partial charge in [0.15, 0.2) is 0 Å².